The summed E-state index contributed by atoms with van der Waals surface area (Å²) in [6.07, 6.45) is 5.28. The van der Waals surface area contributed by atoms with E-state index in [9.17, 15) is 9.59 Å². The first kappa shape index (κ1) is 19.7. The molecule has 1 saturated carbocycles. The number of nitrogens with one attached hydrogen (secondary N) is 1. The van der Waals surface area contributed by atoms with Gasteiger partial charge in [-0.2, -0.15) is 0 Å². The third-order valence-electron chi connectivity index (χ3n) is 6.54. The number of nitrogens with zero attached hydrogens (tertiary/aromatic N) is 1. The molecule has 0 unspecified atom stereocenters. The van der Waals surface area contributed by atoms with Gasteiger partial charge in [0.1, 0.15) is 0 Å². The van der Waals surface area contributed by atoms with Gasteiger partial charge < -0.3 is 10.2 Å². The van der Waals surface area contributed by atoms with E-state index in [0.29, 0.717) is 6.54 Å². The van der Waals surface area contributed by atoms with Crippen molar-refractivity contribution in [1.82, 2.24) is 5.32 Å². The number of para-hydroxylation sites is 1. The first-order chi connectivity index (χ1) is 14.1. The summed E-state index contributed by atoms with van der Waals surface area (Å²) in [5.74, 6) is 0.441. The van der Waals surface area contributed by atoms with Crippen LogP contribution in [0.2, 0.25) is 0 Å². The van der Waals surface area contributed by atoms with Crippen molar-refractivity contribution >= 4 is 17.5 Å². The minimum absolute atomic E-state index is 0.0247. The van der Waals surface area contributed by atoms with E-state index in [4.69, 9.17) is 0 Å². The number of carbonyl (C=O) groups is 2. The average molecular weight is 391 g/mol. The average Bonchev–Trinajstić information content (AvgIpc) is 2.77. The number of benzene rings is 2. The highest BCUT2D eigenvalue weighted by Crippen LogP contribution is 2.34. The Morgan fingerprint density at radius 1 is 0.966 bits per heavy atom. The van der Waals surface area contributed by atoms with E-state index < -0.39 is 0 Å². The molecular weight excluding hydrogens is 360 g/mol. The van der Waals surface area contributed by atoms with Crippen LogP contribution < -0.4 is 10.2 Å². The summed E-state index contributed by atoms with van der Waals surface area (Å²) in [7, 11) is 0. The van der Waals surface area contributed by atoms with Gasteiger partial charge in [0.05, 0.1) is 0 Å². The first-order valence-corrected chi connectivity index (χ1v) is 10.8. The number of rotatable bonds is 4. The summed E-state index contributed by atoms with van der Waals surface area (Å²) >= 11 is 0. The Labute approximate surface area is 173 Å². The molecule has 0 bridgehead atoms. The zero-order valence-electron chi connectivity index (χ0n) is 17.2. The van der Waals surface area contributed by atoms with E-state index in [1.54, 1.807) is 0 Å². The Balaban J connectivity index is 1.31. The van der Waals surface area contributed by atoms with Crippen LogP contribution in [0.1, 0.15) is 48.8 Å². The molecule has 2 aromatic carbocycles. The van der Waals surface area contributed by atoms with Crippen LogP contribution in [-0.2, 0) is 22.6 Å². The van der Waals surface area contributed by atoms with Crippen LogP contribution in [0.15, 0.2) is 48.5 Å². The number of hydrogen-bond acceptors (Lipinski definition) is 2. The number of amides is 2. The van der Waals surface area contributed by atoms with Crippen molar-refractivity contribution in [2.75, 3.05) is 11.4 Å². The van der Waals surface area contributed by atoms with Gasteiger partial charge in [-0.15, -0.1) is 0 Å². The number of fused-ring (bicyclic) bond motifs is 1. The van der Waals surface area contributed by atoms with Crippen molar-refractivity contribution in [1.29, 1.82) is 0 Å². The van der Waals surface area contributed by atoms with Gasteiger partial charge >= 0.3 is 0 Å². The van der Waals surface area contributed by atoms with Crippen LogP contribution in [0.25, 0.3) is 0 Å². The molecule has 0 saturated heterocycles. The van der Waals surface area contributed by atoms with Crippen molar-refractivity contribution in [3.05, 3.63) is 65.2 Å². The van der Waals surface area contributed by atoms with Gasteiger partial charge in [0.15, 0.2) is 0 Å². The van der Waals surface area contributed by atoms with Crippen molar-refractivity contribution < 1.29 is 9.59 Å². The van der Waals surface area contributed by atoms with Crippen molar-refractivity contribution in [3.8, 4) is 0 Å². The van der Waals surface area contributed by atoms with E-state index in [2.05, 4.69) is 36.5 Å². The van der Waals surface area contributed by atoms with Crippen LogP contribution in [0.4, 0.5) is 5.69 Å². The number of hydrogen-bond donors (Lipinski definition) is 1. The number of anilines is 1. The van der Waals surface area contributed by atoms with Crippen molar-refractivity contribution in [2.24, 2.45) is 11.8 Å². The zero-order valence-corrected chi connectivity index (χ0v) is 17.2. The molecule has 1 aliphatic heterocycles. The largest absolute Gasteiger partial charge is 0.352 e. The van der Waals surface area contributed by atoms with Gasteiger partial charge in [0.25, 0.3) is 0 Å². The van der Waals surface area contributed by atoms with E-state index in [1.165, 1.54) is 11.1 Å². The lowest BCUT2D eigenvalue weighted by molar-refractivity contribution is -0.129. The molecule has 4 heteroatoms. The maximum Gasteiger partial charge on any atom is 0.230 e. The molecule has 152 valence electrons. The SMILES string of the molecule is Cc1ccccc1CNC(=O)C1CCC(C(=O)N2CCCc3ccccc32)CC1. The minimum Gasteiger partial charge on any atom is -0.352 e. The van der Waals surface area contributed by atoms with E-state index >= 15 is 0 Å². The lowest BCUT2D eigenvalue weighted by atomic mass is 9.80. The van der Waals surface area contributed by atoms with E-state index in [0.717, 1.165) is 56.3 Å². The number of carbonyl (C=O) groups excluding carboxylic acids is 2. The molecular formula is C25H30N2O2. The lowest BCUT2D eigenvalue weighted by Gasteiger charge is -2.35. The topological polar surface area (TPSA) is 49.4 Å². The Bertz CT molecular complexity index is 884. The van der Waals surface area contributed by atoms with Crippen molar-refractivity contribution in [3.63, 3.8) is 0 Å². The van der Waals surface area contributed by atoms with Gasteiger partial charge in [-0.3, -0.25) is 9.59 Å². The second-order valence-electron chi connectivity index (χ2n) is 8.41. The summed E-state index contributed by atoms with van der Waals surface area (Å²) in [5.41, 5.74) is 4.72. The molecule has 1 heterocycles. The van der Waals surface area contributed by atoms with Crippen molar-refractivity contribution in [2.45, 2.75) is 52.0 Å². The molecule has 0 spiro atoms. The van der Waals surface area contributed by atoms with Crippen LogP contribution in [0.3, 0.4) is 0 Å². The molecule has 2 aromatic rings. The molecule has 1 fully saturated rings. The Morgan fingerprint density at radius 2 is 1.66 bits per heavy atom. The lowest BCUT2D eigenvalue weighted by Crippen LogP contribution is -2.42. The fourth-order valence-electron chi connectivity index (χ4n) is 4.72. The third kappa shape index (κ3) is 4.36. The highest BCUT2D eigenvalue weighted by atomic mass is 16.2. The quantitative estimate of drug-likeness (QED) is 0.841. The highest BCUT2D eigenvalue weighted by Gasteiger charge is 2.33. The van der Waals surface area contributed by atoms with Gasteiger partial charge in [-0.1, -0.05) is 42.5 Å². The van der Waals surface area contributed by atoms with E-state index in [1.807, 2.05) is 29.2 Å². The standard InChI is InChI=1S/C25H30N2O2/c1-18-7-2-3-9-22(18)17-26-24(28)20-12-14-21(15-13-20)25(29)27-16-6-10-19-8-4-5-11-23(19)27/h2-5,7-9,11,20-21H,6,10,12-17H2,1H3,(H,26,28). The second kappa shape index (κ2) is 8.81. The van der Waals surface area contributed by atoms with Gasteiger partial charge in [0, 0.05) is 30.6 Å². The summed E-state index contributed by atoms with van der Waals surface area (Å²) in [4.78, 5) is 27.8. The number of aryl methyl sites for hydroxylation is 2. The Hall–Kier alpha value is -2.62. The summed E-state index contributed by atoms with van der Waals surface area (Å²) in [5, 5.41) is 3.10. The summed E-state index contributed by atoms with van der Waals surface area (Å²) in [6.45, 7) is 3.46. The molecule has 1 N–H and O–H groups in total. The summed E-state index contributed by atoms with van der Waals surface area (Å²) < 4.78 is 0. The molecule has 4 nitrogen and oxygen atoms in total. The smallest absolute Gasteiger partial charge is 0.230 e. The molecule has 2 aliphatic rings. The fourth-order valence-corrected chi connectivity index (χ4v) is 4.72. The fraction of sp³-hybridized carbons (Fsp3) is 0.440. The first-order valence-electron chi connectivity index (χ1n) is 10.8. The highest BCUT2D eigenvalue weighted by molar-refractivity contribution is 5.96. The molecule has 29 heavy (non-hydrogen) atoms. The molecule has 0 radical (unpaired) electrons. The molecule has 0 atom stereocenters. The monoisotopic (exact) mass is 390 g/mol. The Morgan fingerprint density at radius 3 is 2.45 bits per heavy atom. The maximum absolute atomic E-state index is 13.2. The molecule has 2 amide bonds. The van der Waals surface area contributed by atoms with Gasteiger partial charge in [-0.05, 0) is 68.2 Å². The molecule has 4 rings (SSSR count). The van der Waals surface area contributed by atoms with Crippen LogP contribution in [0, 0.1) is 18.8 Å². The minimum atomic E-state index is 0.0247. The Kier molecular flexibility index (Phi) is 5.98. The third-order valence-corrected chi connectivity index (χ3v) is 6.54. The van der Waals surface area contributed by atoms with Crippen LogP contribution in [-0.4, -0.2) is 18.4 Å². The summed E-state index contributed by atoms with van der Waals surface area (Å²) in [6, 6.07) is 16.4. The second-order valence-corrected chi connectivity index (χ2v) is 8.41. The maximum atomic E-state index is 13.2. The van der Waals surface area contributed by atoms with Gasteiger partial charge in [0.2, 0.25) is 11.8 Å². The van der Waals surface area contributed by atoms with E-state index in [-0.39, 0.29) is 23.7 Å². The van der Waals surface area contributed by atoms with Gasteiger partial charge in [-0.25, -0.2) is 0 Å². The van der Waals surface area contributed by atoms with Crippen LogP contribution in [0.5, 0.6) is 0 Å². The van der Waals surface area contributed by atoms with Crippen LogP contribution >= 0.6 is 0 Å². The predicted octanol–water partition coefficient (Wildman–Crippen LogP) is 4.40. The zero-order chi connectivity index (χ0) is 20.2. The molecule has 0 aromatic heterocycles. The molecule has 1 aliphatic carbocycles. The predicted molar refractivity (Wildman–Crippen MR) is 116 cm³/mol. The normalized spacial score (nSPS) is 21.3.